The monoisotopic (exact) mass is 384 g/mol. The molecule has 1 amide bonds. The van der Waals surface area contributed by atoms with Crippen LogP contribution in [0.15, 0.2) is 29.2 Å². The molecule has 0 bridgehead atoms. The summed E-state index contributed by atoms with van der Waals surface area (Å²) in [5.41, 5.74) is -0.00393. The minimum Gasteiger partial charge on any atom is -0.444 e. The molecular weight excluding hydrogens is 356 g/mol. The van der Waals surface area contributed by atoms with Gasteiger partial charge < -0.3 is 15.2 Å². The van der Waals surface area contributed by atoms with E-state index in [-0.39, 0.29) is 10.9 Å². The van der Waals surface area contributed by atoms with Crippen molar-refractivity contribution in [2.24, 2.45) is 0 Å². The Balaban J connectivity index is 1.98. The first-order valence-electron chi connectivity index (χ1n) is 8.77. The average molecular weight is 384 g/mol. The largest absolute Gasteiger partial charge is 0.444 e. The highest BCUT2D eigenvalue weighted by atomic mass is 32.2. The average Bonchev–Trinajstić information content (AvgIpc) is 2.53. The lowest BCUT2D eigenvalue weighted by atomic mass is 10.1. The van der Waals surface area contributed by atoms with Crippen LogP contribution < -0.4 is 5.32 Å². The number of nitrogens with one attached hydrogen (secondary N) is 1. The molecule has 8 heteroatoms. The molecule has 146 valence electrons. The Hall–Kier alpha value is -1.64. The van der Waals surface area contributed by atoms with Crippen molar-refractivity contribution < 1.29 is 23.1 Å². The summed E-state index contributed by atoms with van der Waals surface area (Å²) in [6, 6.07) is 6.25. The summed E-state index contributed by atoms with van der Waals surface area (Å²) in [6.45, 7) is 7.62. The molecule has 1 unspecified atom stereocenters. The van der Waals surface area contributed by atoms with E-state index in [1.54, 1.807) is 39.8 Å². The van der Waals surface area contributed by atoms with Gasteiger partial charge in [0.2, 0.25) is 10.0 Å². The number of aliphatic hydroxyl groups is 1. The number of sulfonamides is 1. The van der Waals surface area contributed by atoms with Gasteiger partial charge in [0.15, 0.2) is 0 Å². The van der Waals surface area contributed by atoms with Crippen molar-refractivity contribution in [3.05, 3.63) is 29.8 Å². The molecule has 1 heterocycles. The summed E-state index contributed by atoms with van der Waals surface area (Å²) in [5.74, 6) is 0. The van der Waals surface area contributed by atoms with Crippen molar-refractivity contribution in [2.45, 2.75) is 63.2 Å². The maximum Gasteiger partial charge on any atom is 0.407 e. The van der Waals surface area contributed by atoms with Gasteiger partial charge in [-0.2, -0.15) is 4.31 Å². The van der Waals surface area contributed by atoms with E-state index in [1.165, 1.54) is 16.4 Å². The number of carbonyl (C=O) groups excluding carboxylic acids is 1. The SMILES string of the molecule is CC(O)c1cccc(S(=O)(=O)N2CCC(NC(=O)OC(C)(C)C)CC2)c1. The van der Waals surface area contributed by atoms with Gasteiger partial charge in [0.05, 0.1) is 11.0 Å². The van der Waals surface area contributed by atoms with Crippen molar-refractivity contribution in [3.63, 3.8) is 0 Å². The second-order valence-electron chi connectivity index (χ2n) is 7.57. The van der Waals surface area contributed by atoms with Gasteiger partial charge in [0.1, 0.15) is 5.60 Å². The van der Waals surface area contributed by atoms with Gasteiger partial charge in [-0.25, -0.2) is 13.2 Å². The van der Waals surface area contributed by atoms with E-state index in [1.807, 2.05) is 0 Å². The molecule has 2 N–H and O–H groups in total. The molecule has 1 aromatic rings. The molecule has 1 aliphatic heterocycles. The van der Waals surface area contributed by atoms with E-state index in [4.69, 9.17) is 4.74 Å². The van der Waals surface area contributed by atoms with Gasteiger partial charge >= 0.3 is 6.09 Å². The molecule has 0 spiro atoms. The number of ether oxygens (including phenoxy) is 1. The van der Waals surface area contributed by atoms with Crippen molar-refractivity contribution in [1.82, 2.24) is 9.62 Å². The summed E-state index contributed by atoms with van der Waals surface area (Å²) in [6.07, 6.45) is -0.166. The summed E-state index contributed by atoms with van der Waals surface area (Å²) >= 11 is 0. The van der Waals surface area contributed by atoms with Gasteiger partial charge in [0, 0.05) is 19.1 Å². The summed E-state index contributed by atoms with van der Waals surface area (Å²) < 4.78 is 32.3. The quantitative estimate of drug-likeness (QED) is 0.831. The number of alkyl carbamates (subject to hydrolysis) is 1. The molecule has 0 aliphatic carbocycles. The molecular formula is C18H28N2O5S. The Morgan fingerprint density at radius 1 is 1.31 bits per heavy atom. The number of hydrogen-bond acceptors (Lipinski definition) is 5. The molecule has 1 aliphatic rings. The molecule has 1 atom stereocenters. The number of rotatable bonds is 4. The number of aliphatic hydroxyl groups excluding tert-OH is 1. The highest BCUT2D eigenvalue weighted by molar-refractivity contribution is 7.89. The fourth-order valence-corrected chi connectivity index (χ4v) is 4.32. The number of nitrogens with zero attached hydrogens (tertiary/aromatic N) is 1. The number of hydrogen-bond donors (Lipinski definition) is 2. The van der Waals surface area contributed by atoms with E-state index in [2.05, 4.69) is 5.32 Å². The third kappa shape index (κ3) is 5.43. The van der Waals surface area contributed by atoms with E-state index in [9.17, 15) is 18.3 Å². The first-order valence-corrected chi connectivity index (χ1v) is 10.2. The standard InChI is InChI=1S/C18H28N2O5S/c1-13(21)14-6-5-7-16(12-14)26(23,24)20-10-8-15(9-11-20)19-17(22)25-18(2,3)4/h5-7,12-13,15,21H,8-11H2,1-4H3,(H,19,22). The van der Waals surface area contributed by atoms with E-state index in [0.717, 1.165) is 0 Å². The van der Waals surface area contributed by atoms with Crippen LogP contribution in [0, 0.1) is 0 Å². The first kappa shape index (κ1) is 20.7. The second-order valence-corrected chi connectivity index (χ2v) is 9.51. The van der Waals surface area contributed by atoms with Crippen molar-refractivity contribution >= 4 is 16.1 Å². The zero-order valence-electron chi connectivity index (χ0n) is 15.7. The van der Waals surface area contributed by atoms with E-state index in [0.29, 0.717) is 31.5 Å². The maximum atomic E-state index is 12.8. The van der Waals surface area contributed by atoms with Crippen LogP contribution in [0.1, 0.15) is 52.2 Å². The predicted octanol–water partition coefficient (Wildman–Crippen LogP) is 2.42. The number of carbonyl (C=O) groups is 1. The fraction of sp³-hybridized carbons (Fsp3) is 0.611. The van der Waals surface area contributed by atoms with E-state index < -0.39 is 27.8 Å². The molecule has 7 nitrogen and oxygen atoms in total. The Kier molecular flexibility index (Phi) is 6.31. The van der Waals surface area contributed by atoms with Gasteiger partial charge in [-0.15, -0.1) is 0 Å². The van der Waals surface area contributed by atoms with Crippen molar-refractivity contribution in [2.75, 3.05) is 13.1 Å². The highest BCUT2D eigenvalue weighted by Crippen LogP contribution is 2.23. The van der Waals surface area contributed by atoms with Crippen molar-refractivity contribution in [1.29, 1.82) is 0 Å². The summed E-state index contributed by atoms with van der Waals surface area (Å²) in [5, 5.41) is 12.5. The van der Waals surface area contributed by atoms with Gasteiger partial charge in [0.25, 0.3) is 0 Å². The van der Waals surface area contributed by atoms with Crippen LogP contribution in [0.25, 0.3) is 0 Å². The van der Waals surface area contributed by atoms with Gasteiger partial charge in [-0.3, -0.25) is 0 Å². The number of piperidine rings is 1. The van der Waals surface area contributed by atoms with Crippen LogP contribution in [0.3, 0.4) is 0 Å². The number of amides is 1. The second kappa shape index (κ2) is 7.94. The lowest BCUT2D eigenvalue weighted by Crippen LogP contribution is -2.47. The fourth-order valence-electron chi connectivity index (χ4n) is 2.80. The normalized spacial score (nSPS) is 18.3. The summed E-state index contributed by atoms with van der Waals surface area (Å²) in [7, 11) is -3.62. The maximum absolute atomic E-state index is 12.8. The zero-order chi connectivity index (χ0) is 19.5. The van der Waals surface area contributed by atoms with Crippen LogP contribution in [0.5, 0.6) is 0 Å². The Morgan fingerprint density at radius 3 is 2.46 bits per heavy atom. The molecule has 0 radical (unpaired) electrons. The van der Waals surface area contributed by atoms with Crippen molar-refractivity contribution in [3.8, 4) is 0 Å². The minimum atomic E-state index is -3.62. The Bertz CT molecular complexity index is 732. The van der Waals surface area contributed by atoms with Gasteiger partial charge in [-0.05, 0) is 58.2 Å². The van der Waals surface area contributed by atoms with E-state index >= 15 is 0 Å². The van der Waals surface area contributed by atoms with Crippen LogP contribution in [-0.4, -0.2) is 48.7 Å². The zero-order valence-corrected chi connectivity index (χ0v) is 16.5. The molecule has 2 rings (SSSR count). The Morgan fingerprint density at radius 2 is 1.92 bits per heavy atom. The third-order valence-corrected chi connectivity index (χ3v) is 6.05. The van der Waals surface area contributed by atoms with Crippen LogP contribution >= 0.6 is 0 Å². The molecule has 1 saturated heterocycles. The smallest absolute Gasteiger partial charge is 0.407 e. The Labute approximate surface area is 155 Å². The van der Waals surface area contributed by atoms with Gasteiger partial charge in [-0.1, -0.05) is 12.1 Å². The minimum absolute atomic E-state index is 0.111. The highest BCUT2D eigenvalue weighted by Gasteiger charge is 2.31. The summed E-state index contributed by atoms with van der Waals surface area (Å²) in [4.78, 5) is 12.0. The van der Waals surface area contributed by atoms with Crippen LogP contribution in [0.2, 0.25) is 0 Å². The molecule has 0 aromatic heterocycles. The van der Waals surface area contributed by atoms with Crippen LogP contribution in [0.4, 0.5) is 4.79 Å². The number of benzene rings is 1. The third-order valence-electron chi connectivity index (χ3n) is 4.15. The molecule has 0 saturated carbocycles. The lowest BCUT2D eigenvalue weighted by Gasteiger charge is -2.32. The molecule has 1 aromatic carbocycles. The predicted molar refractivity (Wildman–Crippen MR) is 98.2 cm³/mol. The van der Waals surface area contributed by atoms with Crippen LogP contribution in [-0.2, 0) is 14.8 Å². The molecule has 26 heavy (non-hydrogen) atoms. The topological polar surface area (TPSA) is 95.9 Å². The molecule has 1 fully saturated rings. The first-order chi connectivity index (χ1) is 12.0. The lowest BCUT2D eigenvalue weighted by molar-refractivity contribution is 0.0489.